The first-order valence-electron chi connectivity index (χ1n) is 6.87. The second-order valence-electron chi connectivity index (χ2n) is 5.37. The standard InChI is InChI=1S/C15H22N2O2/c1-11(18)13-2-4-14(5-3-13)17-8-6-12(7-9-17)10-15(16)19/h2-5,11-12,18H,6-10H2,1H3,(H2,16,19). The summed E-state index contributed by atoms with van der Waals surface area (Å²) in [6, 6.07) is 8.04. The topological polar surface area (TPSA) is 66.6 Å². The lowest BCUT2D eigenvalue weighted by atomic mass is 9.93. The van der Waals surface area contributed by atoms with Gasteiger partial charge in [-0.25, -0.2) is 0 Å². The maximum Gasteiger partial charge on any atom is 0.217 e. The van der Waals surface area contributed by atoms with Gasteiger partial charge in [0, 0.05) is 25.2 Å². The molecule has 1 aromatic rings. The first kappa shape index (κ1) is 13.9. The van der Waals surface area contributed by atoms with Crippen LogP contribution in [-0.4, -0.2) is 24.1 Å². The molecule has 2 rings (SSSR count). The van der Waals surface area contributed by atoms with Crippen molar-refractivity contribution in [2.45, 2.75) is 32.3 Å². The molecule has 0 aliphatic carbocycles. The molecule has 104 valence electrons. The minimum Gasteiger partial charge on any atom is -0.389 e. The van der Waals surface area contributed by atoms with E-state index in [0.717, 1.165) is 31.5 Å². The van der Waals surface area contributed by atoms with Crippen LogP contribution in [0.25, 0.3) is 0 Å². The summed E-state index contributed by atoms with van der Waals surface area (Å²) in [5.74, 6) is 0.241. The van der Waals surface area contributed by atoms with Gasteiger partial charge in [-0.15, -0.1) is 0 Å². The number of benzene rings is 1. The minimum atomic E-state index is -0.421. The second kappa shape index (κ2) is 6.06. The van der Waals surface area contributed by atoms with Gasteiger partial charge in [0.15, 0.2) is 0 Å². The highest BCUT2D eigenvalue weighted by Crippen LogP contribution is 2.26. The lowest BCUT2D eigenvalue weighted by Gasteiger charge is -2.33. The van der Waals surface area contributed by atoms with Crippen molar-refractivity contribution in [1.82, 2.24) is 0 Å². The number of rotatable bonds is 4. The molecule has 0 radical (unpaired) electrons. The third-order valence-electron chi connectivity index (χ3n) is 3.85. The van der Waals surface area contributed by atoms with E-state index in [1.807, 2.05) is 12.1 Å². The molecule has 1 amide bonds. The molecule has 1 aromatic carbocycles. The fourth-order valence-corrected chi connectivity index (χ4v) is 2.64. The highest BCUT2D eigenvalue weighted by Gasteiger charge is 2.20. The third kappa shape index (κ3) is 3.70. The van der Waals surface area contributed by atoms with Crippen LogP contribution in [0.1, 0.15) is 37.9 Å². The number of primary amides is 1. The summed E-state index contributed by atoms with van der Waals surface area (Å²) >= 11 is 0. The monoisotopic (exact) mass is 262 g/mol. The van der Waals surface area contributed by atoms with E-state index in [9.17, 15) is 9.90 Å². The number of hydrogen-bond donors (Lipinski definition) is 2. The van der Waals surface area contributed by atoms with Gasteiger partial charge in [0.2, 0.25) is 5.91 Å². The van der Waals surface area contributed by atoms with Crippen LogP contribution in [0.3, 0.4) is 0 Å². The van der Waals surface area contributed by atoms with E-state index in [2.05, 4.69) is 17.0 Å². The van der Waals surface area contributed by atoms with Crippen molar-refractivity contribution in [3.63, 3.8) is 0 Å². The smallest absolute Gasteiger partial charge is 0.217 e. The maximum absolute atomic E-state index is 10.9. The summed E-state index contributed by atoms with van der Waals surface area (Å²) < 4.78 is 0. The number of amides is 1. The van der Waals surface area contributed by atoms with Gasteiger partial charge < -0.3 is 15.7 Å². The Morgan fingerprint density at radius 3 is 2.42 bits per heavy atom. The van der Waals surface area contributed by atoms with Gasteiger partial charge >= 0.3 is 0 Å². The summed E-state index contributed by atoms with van der Waals surface area (Å²) in [4.78, 5) is 13.2. The number of aliphatic hydroxyl groups excluding tert-OH is 1. The highest BCUT2D eigenvalue weighted by molar-refractivity contribution is 5.74. The highest BCUT2D eigenvalue weighted by atomic mass is 16.3. The van der Waals surface area contributed by atoms with Gasteiger partial charge in [-0.3, -0.25) is 4.79 Å². The Kier molecular flexibility index (Phi) is 4.43. The lowest BCUT2D eigenvalue weighted by molar-refractivity contribution is -0.119. The molecule has 1 aliphatic rings. The van der Waals surface area contributed by atoms with E-state index in [0.29, 0.717) is 12.3 Å². The van der Waals surface area contributed by atoms with Gasteiger partial charge in [0.1, 0.15) is 0 Å². The number of hydrogen-bond acceptors (Lipinski definition) is 3. The molecule has 1 heterocycles. The molecule has 3 N–H and O–H groups in total. The molecule has 1 atom stereocenters. The van der Waals surface area contributed by atoms with Crippen LogP contribution < -0.4 is 10.6 Å². The first-order chi connectivity index (χ1) is 9.06. The number of anilines is 1. The second-order valence-corrected chi connectivity index (χ2v) is 5.37. The predicted octanol–water partition coefficient (Wildman–Crippen LogP) is 1.83. The van der Waals surface area contributed by atoms with Crippen molar-refractivity contribution >= 4 is 11.6 Å². The summed E-state index contributed by atoms with van der Waals surface area (Å²) in [5, 5.41) is 9.49. The fourth-order valence-electron chi connectivity index (χ4n) is 2.64. The van der Waals surface area contributed by atoms with Gasteiger partial charge in [-0.1, -0.05) is 12.1 Å². The largest absolute Gasteiger partial charge is 0.389 e. The zero-order chi connectivity index (χ0) is 13.8. The summed E-state index contributed by atoms with van der Waals surface area (Å²) in [7, 11) is 0. The Hall–Kier alpha value is -1.55. The van der Waals surface area contributed by atoms with E-state index in [4.69, 9.17) is 5.73 Å². The number of piperidine rings is 1. The van der Waals surface area contributed by atoms with Crippen molar-refractivity contribution in [1.29, 1.82) is 0 Å². The zero-order valence-corrected chi connectivity index (χ0v) is 11.4. The molecule has 1 unspecified atom stereocenters. The van der Waals surface area contributed by atoms with E-state index >= 15 is 0 Å². The number of carbonyl (C=O) groups excluding carboxylic acids is 1. The van der Waals surface area contributed by atoms with Crippen LogP contribution in [0.4, 0.5) is 5.69 Å². The Morgan fingerprint density at radius 2 is 1.95 bits per heavy atom. The Labute approximate surface area is 114 Å². The molecule has 4 heteroatoms. The van der Waals surface area contributed by atoms with E-state index < -0.39 is 6.10 Å². The first-order valence-corrected chi connectivity index (χ1v) is 6.87. The van der Waals surface area contributed by atoms with Crippen LogP contribution >= 0.6 is 0 Å². The molecule has 1 fully saturated rings. The molecule has 1 aliphatic heterocycles. The van der Waals surface area contributed by atoms with Gasteiger partial charge in [-0.05, 0) is 43.4 Å². The normalized spacial score (nSPS) is 18.3. The lowest BCUT2D eigenvalue weighted by Crippen LogP contribution is -2.35. The van der Waals surface area contributed by atoms with Crippen LogP contribution in [0.15, 0.2) is 24.3 Å². The summed E-state index contributed by atoms with van der Waals surface area (Å²) in [6.07, 6.45) is 2.12. The maximum atomic E-state index is 10.9. The Balaban J connectivity index is 1.92. The van der Waals surface area contributed by atoms with Crippen molar-refractivity contribution in [2.24, 2.45) is 11.7 Å². The quantitative estimate of drug-likeness (QED) is 0.870. The Bertz CT molecular complexity index is 420. The number of aliphatic hydroxyl groups is 1. The summed E-state index contributed by atoms with van der Waals surface area (Å²) in [6.45, 7) is 3.70. The zero-order valence-electron chi connectivity index (χ0n) is 11.4. The van der Waals surface area contributed by atoms with E-state index in [1.54, 1.807) is 6.92 Å². The average molecular weight is 262 g/mol. The van der Waals surface area contributed by atoms with Crippen molar-refractivity contribution < 1.29 is 9.90 Å². The van der Waals surface area contributed by atoms with E-state index in [1.165, 1.54) is 5.69 Å². The molecule has 19 heavy (non-hydrogen) atoms. The third-order valence-corrected chi connectivity index (χ3v) is 3.85. The molecule has 0 saturated carbocycles. The molecular formula is C15H22N2O2. The predicted molar refractivity (Wildman–Crippen MR) is 75.8 cm³/mol. The molecule has 0 spiro atoms. The van der Waals surface area contributed by atoms with E-state index in [-0.39, 0.29) is 5.91 Å². The molecule has 1 saturated heterocycles. The van der Waals surface area contributed by atoms with Crippen molar-refractivity contribution in [3.05, 3.63) is 29.8 Å². The molecule has 0 aromatic heterocycles. The molecule has 0 bridgehead atoms. The fraction of sp³-hybridized carbons (Fsp3) is 0.533. The Morgan fingerprint density at radius 1 is 1.37 bits per heavy atom. The SMILES string of the molecule is CC(O)c1ccc(N2CCC(CC(N)=O)CC2)cc1. The van der Waals surface area contributed by atoms with Crippen molar-refractivity contribution in [2.75, 3.05) is 18.0 Å². The van der Waals surface area contributed by atoms with Crippen LogP contribution in [0.5, 0.6) is 0 Å². The van der Waals surface area contributed by atoms with Crippen LogP contribution in [-0.2, 0) is 4.79 Å². The minimum absolute atomic E-state index is 0.195. The van der Waals surface area contributed by atoms with Gasteiger partial charge in [-0.2, -0.15) is 0 Å². The molecular weight excluding hydrogens is 240 g/mol. The van der Waals surface area contributed by atoms with Crippen molar-refractivity contribution in [3.8, 4) is 0 Å². The summed E-state index contributed by atoms with van der Waals surface area (Å²) in [5.41, 5.74) is 7.36. The number of nitrogens with zero attached hydrogens (tertiary/aromatic N) is 1. The number of carbonyl (C=O) groups is 1. The number of nitrogens with two attached hydrogens (primary N) is 1. The molecule has 4 nitrogen and oxygen atoms in total. The van der Waals surface area contributed by atoms with Gasteiger partial charge in [0.05, 0.1) is 6.10 Å². The average Bonchev–Trinajstić information content (AvgIpc) is 2.39. The van der Waals surface area contributed by atoms with Crippen LogP contribution in [0, 0.1) is 5.92 Å². The van der Waals surface area contributed by atoms with Crippen LogP contribution in [0.2, 0.25) is 0 Å². The van der Waals surface area contributed by atoms with Gasteiger partial charge in [0.25, 0.3) is 0 Å².